The molecule has 1 N–H and O–H groups in total. The predicted octanol–water partition coefficient (Wildman–Crippen LogP) is 0.151. The lowest BCUT2D eigenvalue weighted by Gasteiger charge is -2.05. The number of ketones is 1. The number of aliphatic hydroxyl groups excluding tert-OH is 1. The number of hydrogen-bond donors (Lipinski definition) is 1. The molecule has 4 nitrogen and oxygen atoms in total. The molecule has 0 aliphatic heterocycles. The van der Waals surface area contributed by atoms with Crippen molar-refractivity contribution in [3.63, 3.8) is 0 Å². The van der Waals surface area contributed by atoms with Crippen LogP contribution in [0.25, 0.3) is 0 Å². The zero-order chi connectivity index (χ0) is 10.5. The van der Waals surface area contributed by atoms with Crippen molar-refractivity contribution in [1.82, 2.24) is 0 Å². The zero-order valence-electron chi connectivity index (χ0n) is 7.99. The maximum Gasteiger partial charge on any atom is 0.161 e. The monoisotopic (exact) mass is 208 g/mol. The van der Waals surface area contributed by atoms with Gasteiger partial charge < -0.3 is 5.11 Å². The van der Waals surface area contributed by atoms with Gasteiger partial charge in [-0.15, -0.1) is 0 Å². The van der Waals surface area contributed by atoms with Gasteiger partial charge in [0.15, 0.2) is 5.78 Å². The molecule has 78 valence electrons. The summed E-state index contributed by atoms with van der Waals surface area (Å²) in [6.45, 7) is 1.71. The van der Waals surface area contributed by atoms with Gasteiger partial charge in [-0.2, -0.15) is 0 Å². The Labute approximate surface area is 78.9 Å². The Morgan fingerprint density at radius 2 is 2.00 bits per heavy atom. The standard InChI is InChI=1S/C8H16O4S/c1-3-7(9)8(10)5-4-6-13(2,11)12/h7,9H,3-6H2,1-2H3. The molecule has 1 atom stereocenters. The first-order chi connectivity index (χ1) is 5.87. The Kier molecular flexibility index (Phi) is 5.17. The third-order valence-electron chi connectivity index (χ3n) is 1.70. The second-order valence-corrected chi connectivity index (χ2v) is 5.38. The summed E-state index contributed by atoms with van der Waals surface area (Å²) in [4.78, 5) is 11.0. The molecule has 0 spiro atoms. The highest BCUT2D eigenvalue weighted by Gasteiger charge is 2.12. The molecule has 13 heavy (non-hydrogen) atoms. The minimum absolute atomic E-state index is 0.00910. The lowest BCUT2D eigenvalue weighted by molar-refractivity contribution is -0.127. The van der Waals surface area contributed by atoms with Gasteiger partial charge in [-0.05, 0) is 12.8 Å². The minimum Gasteiger partial charge on any atom is -0.385 e. The lowest BCUT2D eigenvalue weighted by Crippen LogP contribution is -2.19. The van der Waals surface area contributed by atoms with E-state index < -0.39 is 15.9 Å². The molecule has 0 fully saturated rings. The summed E-state index contributed by atoms with van der Waals surface area (Å²) in [5, 5.41) is 9.06. The fourth-order valence-corrected chi connectivity index (χ4v) is 1.57. The number of carbonyl (C=O) groups is 1. The van der Waals surface area contributed by atoms with Gasteiger partial charge in [0, 0.05) is 12.7 Å². The molecule has 0 aromatic carbocycles. The summed E-state index contributed by atoms with van der Waals surface area (Å²) in [5.74, 6) is -0.263. The molecule has 0 aliphatic carbocycles. The molecule has 0 rings (SSSR count). The average Bonchev–Trinajstić information content (AvgIpc) is 2.00. The normalized spacial score (nSPS) is 14.1. The van der Waals surface area contributed by atoms with Crippen molar-refractivity contribution in [2.45, 2.75) is 32.3 Å². The fraction of sp³-hybridized carbons (Fsp3) is 0.875. The van der Waals surface area contributed by atoms with Crippen LogP contribution in [0.5, 0.6) is 0 Å². The molecule has 0 heterocycles. The van der Waals surface area contributed by atoms with Crippen molar-refractivity contribution in [3.05, 3.63) is 0 Å². The Hall–Kier alpha value is -0.420. The van der Waals surface area contributed by atoms with Gasteiger partial charge in [0.1, 0.15) is 15.9 Å². The Morgan fingerprint density at radius 1 is 1.46 bits per heavy atom. The smallest absolute Gasteiger partial charge is 0.161 e. The van der Waals surface area contributed by atoms with Crippen LogP contribution in [-0.2, 0) is 14.6 Å². The van der Waals surface area contributed by atoms with Gasteiger partial charge in [-0.3, -0.25) is 4.79 Å². The van der Waals surface area contributed by atoms with Crippen LogP contribution in [0, 0.1) is 0 Å². The molecule has 5 heteroatoms. The first kappa shape index (κ1) is 12.6. The van der Waals surface area contributed by atoms with Crippen molar-refractivity contribution in [2.75, 3.05) is 12.0 Å². The molecule has 0 amide bonds. The van der Waals surface area contributed by atoms with Crippen LogP contribution in [0.4, 0.5) is 0 Å². The van der Waals surface area contributed by atoms with Crippen LogP contribution in [0.1, 0.15) is 26.2 Å². The maximum absolute atomic E-state index is 11.0. The van der Waals surface area contributed by atoms with Crippen molar-refractivity contribution in [1.29, 1.82) is 0 Å². The van der Waals surface area contributed by atoms with Crippen LogP contribution in [0.3, 0.4) is 0 Å². The zero-order valence-corrected chi connectivity index (χ0v) is 8.80. The summed E-state index contributed by atoms with van der Waals surface area (Å²) in [6, 6.07) is 0. The molecule has 0 radical (unpaired) electrons. The Morgan fingerprint density at radius 3 is 2.38 bits per heavy atom. The van der Waals surface area contributed by atoms with E-state index in [0.717, 1.165) is 6.26 Å². The molecular weight excluding hydrogens is 192 g/mol. The second kappa shape index (κ2) is 5.34. The number of carbonyl (C=O) groups excluding carboxylic acids is 1. The van der Waals surface area contributed by atoms with E-state index in [1.807, 2.05) is 0 Å². The summed E-state index contributed by atoms with van der Waals surface area (Å²) < 4.78 is 21.4. The molecule has 0 aromatic heterocycles. The van der Waals surface area contributed by atoms with Crippen molar-refractivity contribution < 1.29 is 18.3 Å². The van der Waals surface area contributed by atoms with E-state index in [1.165, 1.54) is 0 Å². The topological polar surface area (TPSA) is 71.4 Å². The SMILES string of the molecule is CCC(O)C(=O)CCCS(C)(=O)=O. The van der Waals surface area contributed by atoms with Gasteiger partial charge in [-0.25, -0.2) is 8.42 Å². The summed E-state index contributed by atoms with van der Waals surface area (Å²) in [6.07, 6.45) is 1.03. The molecule has 1 unspecified atom stereocenters. The lowest BCUT2D eigenvalue weighted by atomic mass is 10.1. The van der Waals surface area contributed by atoms with Gasteiger partial charge >= 0.3 is 0 Å². The van der Waals surface area contributed by atoms with Crippen LogP contribution in [0.15, 0.2) is 0 Å². The average molecular weight is 208 g/mol. The highest BCUT2D eigenvalue weighted by molar-refractivity contribution is 7.90. The number of sulfone groups is 1. The third-order valence-corrected chi connectivity index (χ3v) is 2.73. The Balaban J connectivity index is 3.72. The van der Waals surface area contributed by atoms with Crippen LogP contribution >= 0.6 is 0 Å². The number of hydrogen-bond acceptors (Lipinski definition) is 4. The van der Waals surface area contributed by atoms with E-state index in [4.69, 9.17) is 5.11 Å². The van der Waals surface area contributed by atoms with Crippen molar-refractivity contribution in [2.24, 2.45) is 0 Å². The van der Waals surface area contributed by atoms with E-state index in [0.29, 0.717) is 12.8 Å². The van der Waals surface area contributed by atoms with E-state index >= 15 is 0 Å². The van der Waals surface area contributed by atoms with E-state index in [2.05, 4.69) is 0 Å². The second-order valence-electron chi connectivity index (χ2n) is 3.12. The minimum atomic E-state index is -2.99. The van der Waals surface area contributed by atoms with E-state index in [9.17, 15) is 13.2 Å². The first-order valence-electron chi connectivity index (χ1n) is 4.25. The highest BCUT2D eigenvalue weighted by atomic mass is 32.2. The van der Waals surface area contributed by atoms with Crippen molar-refractivity contribution >= 4 is 15.6 Å². The van der Waals surface area contributed by atoms with Crippen LogP contribution in [-0.4, -0.2) is 37.4 Å². The molecule has 0 bridgehead atoms. The molecule has 0 aromatic rings. The summed E-state index contributed by atoms with van der Waals surface area (Å²) >= 11 is 0. The van der Waals surface area contributed by atoms with Gasteiger partial charge in [-0.1, -0.05) is 6.92 Å². The molecule has 0 aliphatic rings. The maximum atomic E-state index is 11.0. The summed E-state index contributed by atoms with van der Waals surface area (Å²) in [7, 11) is -2.99. The van der Waals surface area contributed by atoms with Gasteiger partial charge in [0.05, 0.1) is 5.75 Å². The van der Waals surface area contributed by atoms with Crippen LogP contribution in [0.2, 0.25) is 0 Å². The van der Waals surface area contributed by atoms with E-state index in [-0.39, 0.29) is 18.0 Å². The van der Waals surface area contributed by atoms with Crippen molar-refractivity contribution in [3.8, 4) is 0 Å². The quantitative estimate of drug-likeness (QED) is 0.674. The van der Waals surface area contributed by atoms with Gasteiger partial charge in [0.2, 0.25) is 0 Å². The molecule has 0 saturated carbocycles. The number of aliphatic hydroxyl groups is 1. The first-order valence-corrected chi connectivity index (χ1v) is 6.31. The molecular formula is C8H16O4S. The Bertz CT molecular complexity index is 255. The molecule has 0 saturated heterocycles. The third kappa shape index (κ3) is 6.72. The number of rotatable bonds is 6. The number of Topliss-reactive ketones (excluding diaryl/α,β-unsaturated/α-hetero) is 1. The summed E-state index contributed by atoms with van der Waals surface area (Å²) in [5.41, 5.74) is 0. The van der Waals surface area contributed by atoms with E-state index in [1.54, 1.807) is 6.92 Å². The van der Waals surface area contributed by atoms with Crippen LogP contribution < -0.4 is 0 Å². The largest absolute Gasteiger partial charge is 0.385 e. The predicted molar refractivity (Wildman–Crippen MR) is 50.2 cm³/mol. The highest BCUT2D eigenvalue weighted by Crippen LogP contribution is 2.01. The van der Waals surface area contributed by atoms with Gasteiger partial charge in [0.25, 0.3) is 0 Å². The fourth-order valence-electron chi connectivity index (χ4n) is 0.903.